The Morgan fingerprint density at radius 1 is 0.548 bits per heavy atom. The Morgan fingerprint density at radius 2 is 0.905 bits per heavy atom. The SMILES string of the molecule is CC(C)=CCCC(C)=CC=CC(C)=CC=CC(C)=CC=CC=C(C)C=CC=C(C)C=CC=C(C)C=CC(O)C(C)(C)O. The molecule has 228 valence electrons. The van der Waals surface area contributed by atoms with Gasteiger partial charge in [0, 0.05) is 0 Å². The van der Waals surface area contributed by atoms with E-state index in [1.165, 1.54) is 27.9 Å². The summed E-state index contributed by atoms with van der Waals surface area (Å²) in [5, 5.41) is 19.7. The molecule has 0 heterocycles. The van der Waals surface area contributed by atoms with Crippen LogP contribution in [0.25, 0.3) is 0 Å². The number of rotatable bonds is 16. The van der Waals surface area contributed by atoms with Gasteiger partial charge in [0.25, 0.3) is 0 Å². The highest BCUT2D eigenvalue weighted by Gasteiger charge is 2.21. The number of allylic oxidation sites excluding steroid dienone is 25. The minimum absolute atomic E-state index is 0.899. The topological polar surface area (TPSA) is 40.5 Å². The molecule has 0 amide bonds. The van der Waals surface area contributed by atoms with Crippen LogP contribution < -0.4 is 0 Å². The Kier molecular flexibility index (Phi) is 20.4. The highest BCUT2D eigenvalue weighted by molar-refractivity contribution is 5.33. The molecule has 0 fully saturated rings. The molecule has 42 heavy (non-hydrogen) atoms. The predicted molar refractivity (Wildman–Crippen MR) is 188 cm³/mol. The Hall–Kier alpha value is -3.46. The molecular weight excluding hydrogens is 512 g/mol. The van der Waals surface area contributed by atoms with Crippen molar-refractivity contribution in [3.05, 3.63) is 154 Å². The van der Waals surface area contributed by atoms with Crippen LogP contribution in [0.4, 0.5) is 0 Å². The Balaban J connectivity index is 4.79. The van der Waals surface area contributed by atoms with Crippen LogP contribution in [0, 0.1) is 0 Å². The van der Waals surface area contributed by atoms with Gasteiger partial charge in [-0.15, -0.1) is 0 Å². The van der Waals surface area contributed by atoms with Crippen molar-refractivity contribution in [1.29, 1.82) is 0 Å². The van der Waals surface area contributed by atoms with Gasteiger partial charge in [0.2, 0.25) is 0 Å². The molecule has 0 aliphatic heterocycles. The van der Waals surface area contributed by atoms with E-state index in [0.717, 1.165) is 24.0 Å². The second-order valence-electron chi connectivity index (χ2n) is 11.7. The third kappa shape index (κ3) is 23.3. The standard InChI is InChI=1S/C40H56O2/c1-32(2)18-13-21-35(5)24-16-27-36(6)25-14-22-33(3)19-11-12-20-34(4)23-15-26-37(7)28-17-29-38(8)30-31-39(41)40(9,10)42/h11-12,14-20,22-31,39,41-42H,13,21H2,1-10H3. The lowest BCUT2D eigenvalue weighted by Crippen LogP contribution is -2.34. The third-order valence-electron chi connectivity index (χ3n) is 6.08. The van der Waals surface area contributed by atoms with E-state index >= 15 is 0 Å². The molecule has 2 heteroatoms. The van der Waals surface area contributed by atoms with E-state index in [-0.39, 0.29) is 0 Å². The van der Waals surface area contributed by atoms with Crippen molar-refractivity contribution in [1.82, 2.24) is 0 Å². The molecule has 0 aromatic rings. The summed E-state index contributed by atoms with van der Waals surface area (Å²) in [6, 6.07) is 0. The van der Waals surface area contributed by atoms with Crippen molar-refractivity contribution in [2.45, 2.75) is 93.8 Å². The lowest BCUT2D eigenvalue weighted by atomic mass is 10.0. The lowest BCUT2D eigenvalue weighted by Gasteiger charge is -2.21. The maximum absolute atomic E-state index is 9.87. The van der Waals surface area contributed by atoms with E-state index in [1.807, 2.05) is 37.3 Å². The van der Waals surface area contributed by atoms with Gasteiger partial charge >= 0.3 is 0 Å². The quantitative estimate of drug-likeness (QED) is 0.144. The minimum atomic E-state index is -1.15. The highest BCUT2D eigenvalue weighted by Crippen LogP contribution is 2.11. The molecule has 0 bridgehead atoms. The van der Waals surface area contributed by atoms with Gasteiger partial charge in [0.05, 0.1) is 5.60 Å². The van der Waals surface area contributed by atoms with Crippen molar-refractivity contribution < 1.29 is 10.2 Å². The molecule has 2 N–H and O–H groups in total. The zero-order valence-corrected chi connectivity index (χ0v) is 27.9. The first kappa shape index (κ1) is 38.5. The van der Waals surface area contributed by atoms with Gasteiger partial charge in [0.1, 0.15) is 6.10 Å². The van der Waals surface area contributed by atoms with E-state index in [1.54, 1.807) is 19.9 Å². The first-order valence-electron chi connectivity index (χ1n) is 14.8. The third-order valence-corrected chi connectivity index (χ3v) is 6.08. The molecule has 0 rings (SSSR count). The fraction of sp³-hybridized carbons (Fsp3) is 0.350. The number of aliphatic hydroxyl groups is 2. The summed E-state index contributed by atoms with van der Waals surface area (Å²) in [6.45, 7) is 20.0. The van der Waals surface area contributed by atoms with E-state index in [0.29, 0.717) is 0 Å². The molecule has 0 aromatic heterocycles. The van der Waals surface area contributed by atoms with Gasteiger partial charge < -0.3 is 10.2 Å². The zero-order chi connectivity index (χ0) is 32.0. The average Bonchev–Trinajstić information content (AvgIpc) is 2.89. The second-order valence-corrected chi connectivity index (χ2v) is 11.7. The number of hydrogen-bond acceptors (Lipinski definition) is 2. The maximum atomic E-state index is 9.87. The lowest BCUT2D eigenvalue weighted by molar-refractivity contribution is -0.0226. The largest absolute Gasteiger partial charge is 0.387 e. The van der Waals surface area contributed by atoms with Crippen molar-refractivity contribution in [2.75, 3.05) is 0 Å². The molecule has 0 aliphatic rings. The van der Waals surface area contributed by atoms with Crippen molar-refractivity contribution in [3.8, 4) is 0 Å². The van der Waals surface area contributed by atoms with Crippen LogP contribution in [0.15, 0.2) is 154 Å². The first-order chi connectivity index (χ1) is 19.7. The molecule has 0 aromatic carbocycles. The molecule has 1 atom stereocenters. The van der Waals surface area contributed by atoms with Crippen LogP contribution in [0.3, 0.4) is 0 Å². The summed E-state index contributed by atoms with van der Waals surface area (Å²) in [5.41, 5.74) is 7.32. The fourth-order valence-corrected chi connectivity index (χ4v) is 3.26. The molecule has 0 saturated heterocycles. The summed E-state index contributed by atoms with van der Waals surface area (Å²) < 4.78 is 0. The second kappa shape index (κ2) is 22.2. The van der Waals surface area contributed by atoms with E-state index in [2.05, 4.69) is 127 Å². The van der Waals surface area contributed by atoms with Crippen LogP contribution >= 0.6 is 0 Å². The van der Waals surface area contributed by atoms with Gasteiger partial charge in [0.15, 0.2) is 0 Å². The van der Waals surface area contributed by atoms with Crippen molar-refractivity contribution in [2.24, 2.45) is 0 Å². The average molecular weight is 569 g/mol. The van der Waals surface area contributed by atoms with Gasteiger partial charge in [-0.1, -0.05) is 154 Å². The Morgan fingerprint density at radius 3 is 1.29 bits per heavy atom. The van der Waals surface area contributed by atoms with Crippen LogP contribution in [0.1, 0.15) is 82.1 Å². The van der Waals surface area contributed by atoms with Gasteiger partial charge in [-0.05, 0) is 82.1 Å². The fourth-order valence-electron chi connectivity index (χ4n) is 3.26. The summed E-state index contributed by atoms with van der Waals surface area (Å²) in [4.78, 5) is 0. The Bertz CT molecular complexity index is 1210. The summed E-state index contributed by atoms with van der Waals surface area (Å²) in [7, 11) is 0. The van der Waals surface area contributed by atoms with Crippen LogP contribution in [-0.2, 0) is 0 Å². The maximum Gasteiger partial charge on any atom is 0.101 e. The molecule has 0 saturated carbocycles. The molecule has 0 aliphatic carbocycles. The Labute approximate surface area is 258 Å². The van der Waals surface area contributed by atoms with Crippen molar-refractivity contribution in [3.63, 3.8) is 0 Å². The number of aliphatic hydroxyl groups excluding tert-OH is 1. The van der Waals surface area contributed by atoms with Gasteiger partial charge in [-0.25, -0.2) is 0 Å². The molecular formula is C40H56O2. The van der Waals surface area contributed by atoms with Crippen LogP contribution in [0.5, 0.6) is 0 Å². The minimum Gasteiger partial charge on any atom is -0.387 e. The zero-order valence-electron chi connectivity index (χ0n) is 27.9. The van der Waals surface area contributed by atoms with E-state index in [9.17, 15) is 10.2 Å². The van der Waals surface area contributed by atoms with Gasteiger partial charge in [-0.3, -0.25) is 0 Å². The van der Waals surface area contributed by atoms with Crippen LogP contribution in [-0.4, -0.2) is 21.9 Å². The first-order valence-corrected chi connectivity index (χ1v) is 14.8. The van der Waals surface area contributed by atoms with Crippen molar-refractivity contribution >= 4 is 0 Å². The number of hydrogen-bond donors (Lipinski definition) is 2. The van der Waals surface area contributed by atoms with Crippen LogP contribution in [0.2, 0.25) is 0 Å². The molecule has 1 unspecified atom stereocenters. The smallest absolute Gasteiger partial charge is 0.101 e. The predicted octanol–water partition coefficient (Wildman–Crippen LogP) is 10.9. The normalized spacial score (nSPS) is 16.5. The summed E-state index contributed by atoms with van der Waals surface area (Å²) in [6.07, 6.45) is 40.3. The van der Waals surface area contributed by atoms with E-state index < -0.39 is 11.7 Å². The highest BCUT2D eigenvalue weighted by atomic mass is 16.3. The summed E-state index contributed by atoms with van der Waals surface area (Å²) in [5.74, 6) is 0. The monoisotopic (exact) mass is 568 g/mol. The van der Waals surface area contributed by atoms with Gasteiger partial charge in [-0.2, -0.15) is 0 Å². The van der Waals surface area contributed by atoms with E-state index in [4.69, 9.17) is 0 Å². The molecule has 2 nitrogen and oxygen atoms in total. The molecule has 0 radical (unpaired) electrons. The molecule has 0 spiro atoms. The summed E-state index contributed by atoms with van der Waals surface area (Å²) >= 11 is 0.